The van der Waals surface area contributed by atoms with Crippen molar-refractivity contribution in [2.24, 2.45) is 0 Å². The molecule has 1 aliphatic heterocycles. The van der Waals surface area contributed by atoms with Crippen LogP contribution in [0.2, 0.25) is 0 Å². The van der Waals surface area contributed by atoms with E-state index in [2.05, 4.69) is 5.32 Å². The summed E-state index contributed by atoms with van der Waals surface area (Å²) in [5.74, 6) is -2.44. The van der Waals surface area contributed by atoms with E-state index in [1.807, 2.05) is 0 Å². The fourth-order valence-electron chi connectivity index (χ4n) is 3.07. The first-order valence-electron chi connectivity index (χ1n) is 9.51. The van der Waals surface area contributed by atoms with Gasteiger partial charge >= 0.3 is 16.1 Å². The zero-order valence-electron chi connectivity index (χ0n) is 16.8. The molecule has 8 nitrogen and oxygen atoms in total. The van der Waals surface area contributed by atoms with Crippen LogP contribution in [0.15, 0.2) is 89.3 Å². The molecule has 0 spiro atoms. The molecule has 0 radical (unpaired) electrons. The molecule has 166 valence electrons. The van der Waals surface area contributed by atoms with Crippen LogP contribution in [-0.2, 0) is 19.7 Å². The SMILES string of the molecule is O=C1NC(=O)N(c2ccc(F)cc2)C(=O)/C1=C\c1cccc(OS(=O)(=O)c2ccccc2)c1. The predicted octanol–water partition coefficient (Wildman–Crippen LogP) is 3.26. The van der Waals surface area contributed by atoms with Crippen molar-refractivity contribution in [3.63, 3.8) is 0 Å². The molecule has 10 heteroatoms. The Morgan fingerprint density at radius 3 is 2.27 bits per heavy atom. The predicted molar refractivity (Wildman–Crippen MR) is 116 cm³/mol. The van der Waals surface area contributed by atoms with Gasteiger partial charge in [-0.15, -0.1) is 0 Å². The maximum absolute atomic E-state index is 13.2. The highest BCUT2D eigenvalue weighted by Gasteiger charge is 2.36. The number of imide groups is 2. The quantitative estimate of drug-likeness (QED) is 0.351. The highest BCUT2D eigenvalue weighted by atomic mass is 32.2. The van der Waals surface area contributed by atoms with Crippen LogP contribution in [0.5, 0.6) is 5.75 Å². The topological polar surface area (TPSA) is 110 Å². The number of amides is 4. The van der Waals surface area contributed by atoms with Crippen molar-refractivity contribution in [3.8, 4) is 5.75 Å². The summed E-state index contributed by atoms with van der Waals surface area (Å²) in [6, 6.07) is 16.9. The summed E-state index contributed by atoms with van der Waals surface area (Å²) >= 11 is 0. The van der Waals surface area contributed by atoms with Gasteiger partial charge in [0.25, 0.3) is 11.8 Å². The number of carbonyl (C=O) groups is 3. The number of barbiturate groups is 1. The van der Waals surface area contributed by atoms with Gasteiger partial charge in [0, 0.05) is 0 Å². The van der Waals surface area contributed by atoms with Crippen LogP contribution in [0.1, 0.15) is 5.56 Å². The molecule has 0 atom stereocenters. The van der Waals surface area contributed by atoms with E-state index in [1.165, 1.54) is 54.6 Å². The van der Waals surface area contributed by atoms with E-state index in [1.54, 1.807) is 18.2 Å². The van der Waals surface area contributed by atoms with E-state index < -0.39 is 33.8 Å². The summed E-state index contributed by atoms with van der Waals surface area (Å²) in [4.78, 5) is 38.1. The second-order valence-corrected chi connectivity index (χ2v) is 8.40. The number of hydrogen-bond donors (Lipinski definition) is 1. The molecule has 0 saturated carbocycles. The van der Waals surface area contributed by atoms with Gasteiger partial charge in [-0.3, -0.25) is 14.9 Å². The summed E-state index contributed by atoms with van der Waals surface area (Å²) in [6.45, 7) is 0. The first-order valence-corrected chi connectivity index (χ1v) is 10.9. The third-order valence-electron chi connectivity index (χ3n) is 4.59. The molecule has 1 heterocycles. The molecule has 0 aromatic heterocycles. The number of nitrogens with one attached hydrogen (secondary N) is 1. The van der Waals surface area contributed by atoms with E-state index in [4.69, 9.17) is 4.18 Å². The van der Waals surface area contributed by atoms with Crippen LogP contribution < -0.4 is 14.4 Å². The summed E-state index contributed by atoms with van der Waals surface area (Å²) in [6.07, 6.45) is 1.20. The maximum Gasteiger partial charge on any atom is 0.339 e. The molecule has 0 aliphatic carbocycles. The Balaban J connectivity index is 1.64. The normalized spacial score (nSPS) is 15.5. The minimum atomic E-state index is -4.09. The lowest BCUT2D eigenvalue weighted by atomic mass is 10.1. The molecule has 0 unspecified atom stereocenters. The second kappa shape index (κ2) is 8.67. The monoisotopic (exact) mass is 466 g/mol. The van der Waals surface area contributed by atoms with Crippen molar-refractivity contribution in [1.82, 2.24) is 5.32 Å². The van der Waals surface area contributed by atoms with E-state index >= 15 is 0 Å². The van der Waals surface area contributed by atoms with Crippen molar-refractivity contribution in [2.45, 2.75) is 4.90 Å². The molecule has 4 rings (SSSR count). The van der Waals surface area contributed by atoms with Crippen LogP contribution in [0.3, 0.4) is 0 Å². The van der Waals surface area contributed by atoms with Crippen molar-refractivity contribution in [1.29, 1.82) is 0 Å². The summed E-state index contributed by atoms with van der Waals surface area (Å²) in [5.41, 5.74) is -0.0204. The summed E-state index contributed by atoms with van der Waals surface area (Å²) in [5, 5.41) is 2.06. The van der Waals surface area contributed by atoms with Crippen molar-refractivity contribution in [2.75, 3.05) is 4.90 Å². The van der Waals surface area contributed by atoms with Gasteiger partial charge in [0.2, 0.25) is 0 Å². The molecule has 1 aliphatic rings. The molecule has 33 heavy (non-hydrogen) atoms. The largest absolute Gasteiger partial charge is 0.379 e. The molecule has 0 bridgehead atoms. The number of rotatable bonds is 5. The van der Waals surface area contributed by atoms with Crippen LogP contribution >= 0.6 is 0 Å². The van der Waals surface area contributed by atoms with Crippen molar-refractivity contribution < 1.29 is 31.4 Å². The molecule has 1 fully saturated rings. The average Bonchev–Trinajstić information content (AvgIpc) is 2.78. The Kier molecular flexibility index (Phi) is 5.76. The zero-order chi connectivity index (χ0) is 23.6. The van der Waals surface area contributed by atoms with E-state index in [0.29, 0.717) is 4.90 Å². The third kappa shape index (κ3) is 4.65. The van der Waals surface area contributed by atoms with Gasteiger partial charge in [-0.05, 0) is 60.2 Å². The number of benzene rings is 3. The van der Waals surface area contributed by atoms with Gasteiger partial charge in [-0.1, -0.05) is 30.3 Å². The van der Waals surface area contributed by atoms with Gasteiger partial charge < -0.3 is 4.18 Å². The molecule has 3 aromatic rings. The Hall–Kier alpha value is -4.31. The molecule has 4 amide bonds. The number of nitrogens with zero attached hydrogens (tertiary/aromatic N) is 1. The highest BCUT2D eigenvalue weighted by molar-refractivity contribution is 7.87. The van der Waals surface area contributed by atoms with Gasteiger partial charge in [0.05, 0.1) is 5.69 Å². The molecule has 1 N–H and O–H groups in total. The average molecular weight is 466 g/mol. The van der Waals surface area contributed by atoms with Crippen molar-refractivity contribution >= 4 is 39.7 Å². The van der Waals surface area contributed by atoms with E-state index in [0.717, 1.165) is 12.1 Å². The third-order valence-corrected chi connectivity index (χ3v) is 5.85. The summed E-state index contributed by atoms with van der Waals surface area (Å²) in [7, 11) is -4.09. The number of hydrogen-bond acceptors (Lipinski definition) is 6. The molecule has 3 aromatic carbocycles. The van der Waals surface area contributed by atoms with Crippen LogP contribution in [0, 0.1) is 5.82 Å². The Morgan fingerprint density at radius 1 is 0.879 bits per heavy atom. The van der Waals surface area contributed by atoms with Crippen LogP contribution in [-0.4, -0.2) is 26.3 Å². The fourth-order valence-corrected chi connectivity index (χ4v) is 4.01. The number of halogens is 1. The second-order valence-electron chi connectivity index (χ2n) is 6.86. The lowest BCUT2D eigenvalue weighted by molar-refractivity contribution is -0.122. The standard InChI is InChI=1S/C23H15FN2O6S/c24-16-9-11-17(12-10-16)26-22(28)20(21(27)25-23(26)29)14-15-5-4-6-18(13-15)32-33(30,31)19-7-2-1-3-8-19/h1-14H,(H,25,27,29)/b20-14-. The number of urea groups is 1. The minimum Gasteiger partial charge on any atom is -0.379 e. The van der Waals surface area contributed by atoms with E-state index in [-0.39, 0.29) is 27.5 Å². The van der Waals surface area contributed by atoms with Crippen LogP contribution in [0.25, 0.3) is 6.08 Å². The molecule has 1 saturated heterocycles. The Bertz CT molecular complexity index is 1390. The molecular formula is C23H15FN2O6S. The zero-order valence-corrected chi connectivity index (χ0v) is 17.6. The number of anilines is 1. The van der Waals surface area contributed by atoms with Crippen molar-refractivity contribution in [3.05, 3.63) is 95.8 Å². The summed E-state index contributed by atoms with van der Waals surface area (Å²) < 4.78 is 43.2. The van der Waals surface area contributed by atoms with Crippen LogP contribution in [0.4, 0.5) is 14.9 Å². The first kappa shape index (κ1) is 21.9. The molecular weight excluding hydrogens is 451 g/mol. The van der Waals surface area contributed by atoms with E-state index in [9.17, 15) is 27.2 Å². The highest BCUT2D eigenvalue weighted by Crippen LogP contribution is 2.24. The maximum atomic E-state index is 13.2. The van der Waals surface area contributed by atoms with Gasteiger partial charge in [0.15, 0.2) is 0 Å². The Morgan fingerprint density at radius 2 is 1.58 bits per heavy atom. The van der Waals surface area contributed by atoms with Gasteiger partial charge in [-0.2, -0.15) is 8.42 Å². The first-order chi connectivity index (χ1) is 15.7. The Labute approximate surface area is 188 Å². The smallest absolute Gasteiger partial charge is 0.339 e. The number of carbonyl (C=O) groups excluding carboxylic acids is 3. The lowest BCUT2D eigenvalue weighted by Crippen LogP contribution is -2.54. The van der Waals surface area contributed by atoms with Gasteiger partial charge in [0.1, 0.15) is 22.0 Å². The fraction of sp³-hybridized carbons (Fsp3) is 0. The lowest BCUT2D eigenvalue weighted by Gasteiger charge is -2.26. The minimum absolute atomic E-state index is 0.0379. The van der Waals surface area contributed by atoms with Gasteiger partial charge in [-0.25, -0.2) is 14.1 Å².